The summed E-state index contributed by atoms with van der Waals surface area (Å²) in [6.45, 7) is 2.08. The molecule has 0 fully saturated rings. The van der Waals surface area contributed by atoms with Gasteiger partial charge in [0, 0.05) is 0 Å². The SMILES string of the molecule is Cc1ccccc1.O=S(=O)(O)C(F)(F)C(F)(F)C(F)(F)C(F)(F)F. The predicted molar refractivity (Wildman–Crippen MR) is 63.6 cm³/mol. The van der Waals surface area contributed by atoms with Crippen LogP contribution in [0.2, 0.25) is 0 Å². The standard InChI is InChI=1S/C7H8.C4HF9O3S/c1-7-5-3-2-4-6-7;5-1(6,3(9,10)11)2(7,8)4(12,13)17(14,15)16/h2-6H,1H3;(H,14,15,16). The lowest BCUT2D eigenvalue weighted by atomic mass is 10.1. The van der Waals surface area contributed by atoms with Crippen LogP contribution in [0.3, 0.4) is 0 Å². The average Bonchev–Trinajstić information content (AvgIpc) is 2.37. The molecule has 0 radical (unpaired) electrons. The van der Waals surface area contributed by atoms with E-state index in [1.54, 1.807) is 0 Å². The van der Waals surface area contributed by atoms with E-state index in [9.17, 15) is 47.9 Å². The number of hydrogen-bond donors (Lipinski definition) is 1. The smallest absolute Gasteiger partial charge is 0.281 e. The number of benzene rings is 1. The Hall–Kier alpha value is -1.50. The van der Waals surface area contributed by atoms with Crippen molar-refractivity contribution in [3.8, 4) is 0 Å². The first-order valence-electron chi connectivity index (χ1n) is 5.58. The third-order valence-electron chi connectivity index (χ3n) is 2.38. The van der Waals surface area contributed by atoms with Crippen LogP contribution in [0.5, 0.6) is 0 Å². The van der Waals surface area contributed by atoms with E-state index in [2.05, 4.69) is 19.1 Å². The molecule has 0 amide bonds. The molecule has 140 valence electrons. The number of hydrogen-bond acceptors (Lipinski definition) is 2. The molecule has 0 bridgehead atoms. The normalized spacial score (nSPS) is 14.0. The summed E-state index contributed by atoms with van der Waals surface area (Å²) in [4.78, 5) is 0. The fourth-order valence-corrected chi connectivity index (χ4v) is 1.51. The molecule has 1 rings (SSSR count). The lowest BCUT2D eigenvalue weighted by Gasteiger charge is -2.31. The summed E-state index contributed by atoms with van der Waals surface area (Å²) in [6, 6.07) is 10.3. The Morgan fingerprint density at radius 1 is 0.792 bits per heavy atom. The highest BCUT2D eigenvalue weighted by molar-refractivity contribution is 7.87. The zero-order chi connectivity index (χ0) is 19.6. The highest BCUT2D eigenvalue weighted by atomic mass is 32.2. The van der Waals surface area contributed by atoms with E-state index in [-0.39, 0.29) is 0 Å². The summed E-state index contributed by atoms with van der Waals surface area (Å²) in [5.74, 6) is -14.7. The van der Waals surface area contributed by atoms with Crippen LogP contribution in [0.4, 0.5) is 39.5 Å². The van der Waals surface area contributed by atoms with E-state index < -0.39 is 33.4 Å². The monoisotopic (exact) mass is 392 g/mol. The summed E-state index contributed by atoms with van der Waals surface area (Å²) in [5, 5.41) is -7.00. The van der Waals surface area contributed by atoms with Gasteiger partial charge >= 0.3 is 33.4 Å². The molecule has 1 N–H and O–H groups in total. The molecule has 0 aliphatic rings. The molecule has 0 unspecified atom stereocenters. The van der Waals surface area contributed by atoms with E-state index in [1.165, 1.54) is 5.56 Å². The maximum atomic E-state index is 12.2. The minimum Gasteiger partial charge on any atom is -0.281 e. The van der Waals surface area contributed by atoms with Crippen LogP contribution in [0.15, 0.2) is 30.3 Å². The minimum atomic E-state index is -7.37. The van der Waals surface area contributed by atoms with Gasteiger partial charge < -0.3 is 0 Å². The molecule has 13 heteroatoms. The third kappa shape index (κ3) is 4.32. The summed E-state index contributed by atoms with van der Waals surface area (Å²) in [6.07, 6.45) is -7.13. The molecule has 0 aliphatic heterocycles. The van der Waals surface area contributed by atoms with Crippen molar-refractivity contribution >= 4 is 10.1 Å². The second kappa shape index (κ2) is 6.78. The molecule has 1 aromatic carbocycles. The van der Waals surface area contributed by atoms with E-state index in [1.807, 2.05) is 18.2 Å². The van der Waals surface area contributed by atoms with Gasteiger partial charge in [0.2, 0.25) is 0 Å². The molecule has 0 heterocycles. The van der Waals surface area contributed by atoms with Crippen LogP contribution < -0.4 is 0 Å². The van der Waals surface area contributed by atoms with Gasteiger partial charge in [0.05, 0.1) is 0 Å². The van der Waals surface area contributed by atoms with Gasteiger partial charge in [-0.05, 0) is 6.92 Å². The summed E-state index contributed by atoms with van der Waals surface area (Å²) in [5.41, 5.74) is 1.32. The van der Waals surface area contributed by atoms with Gasteiger partial charge in [-0.15, -0.1) is 0 Å². The molecule has 3 nitrogen and oxygen atoms in total. The predicted octanol–water partition coefficient (Wildman–Crippen LogP) is 4.29. The molecule has 0 aliphatic carbocycles. The topological polar surface area (TPSA) is 54.4 Å². The molecule has 0 spiro atoms. The van der Waals surface area contributed by atoms with Crippen molar-refractivity contribution in [2.75, 3.05) is 0 Å². The molecule has 0 atom stereocenters. The van der Waals surface area contributed by atoms with Gasteiger partial charge in [-0.2, -0.15) is 47.9 Å². The molecule has 24 heavy (non-hydrogen) atoms. The van der Waals surface area contributed by atoms with Gasteiger partial charge in [-0.25, -0.2) is 0 Å². The fourth-order valence-electron chi connectivity index (χ4n) is 1.06. The summed E-state index contributed by atoms with van der Waals surface area (Å²) in [7, 11) is -7.17. The average molecular weight is 392 g/mol. The summed E-state index contributed by atoms with van der Waals surface area (Å²) >= 11 is 0. The largest absolute Gasteiger partial charge is 0.460 e. The zero-order valence-electron chi connectivity index (χ0n) is 11.5. The van der Waals surface area contributed by atoms with Crippen molar-refractivity contribution in [2.24, 2.45) is 0 Å². The van der Waals surface area contributed by atoms with Gasteiger partial charge in [0.15, 0.2) is 0 Å². The number of rotatable bonds is 3. The van der Waals surface area contributed by atoms with Gasteiger partial charge in [0.25, 0.3) is 0 Å². The molecular formula is C11H9F9O3S. The van der Waals surface area contributed by atoms with Crippen LogP contribution >= 0.6 is 0 Å². The fraction of sp³-hybridized carbons (Fsp3) is 0.455. The molecule has 0 saturated heterocycles. The Kier molecular flexibility index (Phi) is 6.36. The van der Waals surface area contributed by atoms with Crippen LogP contribution in [0.25, 0.3) is 0 Å². The minimum absolute atomic E-state index is 1.32. The quantitative estimate of drug-likeness (QED) is 0.617. The van der Waals surface area contributed by atoms with E-state index >= 15 is 0 Å². The Morgan fingerprint density at radius 3 is 1.38 bits per heavy atom. The molecular weight excluding hydrogens is 383 g/mol. The Balaban J connectivity index is 0.000000620. The highest BCUT2D eigenvalue weighted by Gasteiger charge is 2.85. The zero-order valence-corrected chi connectivity index (χ0v) is 12.3. The van der Waals surface area contributed by atoms with Crippen LogP contribution in [-0.2, 0) is 10.1 Å². The Labute approximate surface area is 129 Å². The van der Waals surface area contributed by atoms with Crippen molar-refractivity contribution < 1.29 is 52.5 Å². The molecule has 0 saturated carbocycles. The lowest BCUT2D eigenvalue weighted by molar-refractivity contribution is -0.382. The van der Waals surface area contributed by atoms with Crippen LogP contribution in [0.1, 0.15) is 5.56 Å². The van der Waals surface area contributed by atoms with Gasteiger partial charge in [0.1, 0.15) is 0 Å². The molecule has 0 aromatic heterocycles. The maximum Gasteiger partial charge on any atom is 0.460 e. The third-order valence-corrected chi connectivity index (χ3v) is 3.28. The van der Waals surface area contributed by atoms with E-state index in [4.69, 9.17) is 4.55 Å². The van der Waals surface area contributed by atoms with Crippen LogP contribution in [-0.4, -0.2) is 36.2 Å². The van der Waals surface area contributed by atoms with Crippen molar-refractivity contribution in [3.63, 3.8) is 0 Å². The van der Waals surface area contributed by atoms with Crippen molar-refractivity contribution in [3.05, 3.63) is 35.9 Å². The highest BCUT2D eigenvalue weighted by Crippen LogP contribution is 2.54. The van der Waals surface area contributed by atoms with Crippen molar-refractivity contribution in [2.45, 2.75) is 30.2 Å². The number of aryl methyl sites for hydroxylation is 1. The van der Waals surface area contributed by atoms with Crippen molar-refractivity contribution in [1.82, 2.24) is 0 Å². The Bertz CT molecular complexity index is 638. The van der Waals surface area contributed by atoms with Crippen molar-refractivity contribution in [1.29, 1.82) is 0 Å². The second-order valence-corrected chi connectivity index (χ2v) is 5.76. The summed E-state index contributed by atoms with van der Waals surface area (Å²) < 4.78 is 134. The van der Waals surface area contributed by atoms with E-state index in [0.717, 1.165) is 0 Å². The number of halogens is 9. The molecule has 1 aromatic rings. The first kappa shape index (κ1) is 22.5. The van der Waals surface area contributed by atoms with Gasteiger partial charge in [-0.1, -0.05) is 35.9 Å². The second-order valence-electron chi connectivity index (χ2n) is 4.29. The Morgan fingerprint density at radius 2 is 1.17 bits per heavy atom. The van der Waals surface area contributed by atoms with E-state index in [0.29, 0.717) is 0 Å². The maximum absolute atomic E-state index is 12.2. The lowest BCUT2D eigenvalue weighted by Crippen LogP contribution is -2.63. The number of alkyl halides is 9. The first-order chi connectivity index (χ1) is 10.4. The first-order valence-corrected chi connectivity index (χ1v) is 7.02. The van der Waals surface area contributed by atoms with Gasteiger partial charge in [-0.3, -0.25) is 4.55 Å². The van der Waals surface area contributed by atoms with Crippen LogP contribution in [0, 0.1) is 6.92 Å².